The van der Waals surface area contributed by atoms with Crippen molar-refractivity contribution in [2.45, 2.75) is 35.7 Å². The standard InChI is InChI=1S/C34H29ClFN3O3S/c35-20-33(40)34(18-26-11-4-5-13-28(26)30(19-34)25-9-2-1-3-10-25)38-21-24-17-32(29-14-6-7-15-31(29)36)39(23-24)43(41,42)27-12-8-16-37-22-27/h1-17,22-23,30,38H,18-21H2. The van der Waals surface area contributed by atoms with Gasteiger partial charge in [0.1, 0.15) is 10.7 Å². The molecule has 0 radical (unpaired) electrons. The second kappa shape index (κ2) is 11.9. The summed E-state index contributed by atoms with van der Waals surface area (Å²) >= 11 is 6.21. The average molecular weight is 614 g/mol. The van der Waals surface area contributed by atoms with E-state index < -0.39 is 21.4 Å². The molecule has 0 saturated heterocycles. The number of nitrogens with zero attached hydrogens (tertiary/aromatic N) is 2. The zero-order valence-electron chi connectivity index (χ0n) is 23.2. The highest BCUT2D eigenvalue weighted by atomic mass is 35.5. The number of benzene rings is 3. The van der Waals surface area contributed by atoms with E-state index in [0.29, 0.717) is 18.4 Å². The van der Waals surface area contributed by atoms with Crippen molar-refractivity contribution in [2.24, 2.45) is 0 Å². The summed E-state index contributed by atoms with van der Waals surface area (Å²) in [5.41, 5.74) is 3.21. The minimum Gasteiger partial charge on any atom is -0.300 e. The second-order valence-electron chi connectivity index (χ2n) is 10.7. The van der Waals surface area contributed by atoms with E-state index in [-0.39, 0.29) is 40.3 Å². The third kappa shape index (κ3) is 5.54. The normalized spacial score (nSPS) is 18.2. The van der Waals surface area contributed by atoms with E-state index in [0.717, 1.165) is 15.1 Å². The van der Waals surface area contributed by atoms with E-state index in [1.54, 1.807) is 18.2 Å². The molecule has 1 N–H and O–H groups in total. The Morgan fingerprint density at radius 2 is 1.74 bits per heavy atom. The topological polar surface area (TPSA) is 81.1 Å². The number of aromatic nitrogens is 2. The van der Waals surface area contributed by atoms with Crippen LogP contribution >= 0.6 is 11.6 Å². The van der Waals surface area contributed by atoms with E-state index in [9.17, 15) is 17.6 Å². The molecule has 0 fully saturated rings. The molecule has 0 spiro atoms. The fourth-order valence-corrected chi connectivity index (χ4v) is 7.60. The summed E-state index contributed by atoms with van der Waals surface area (Å²) in [5.74, 6) is -0.907. The Morgan fingerprint density at radius 1 is 1.00 bits per heavy atom. The molecule has 2 unspecified atom stereocenters. The Kier molecular flexibility index (Phi) is 8.01. The van der Waals surface area contributed by atoms with Gasteiger partial charge in [-0.2, -0.15) is 0 Å². The fourth-order valence-electron chi connectivity index (χ4n) is 5.99. The molecule has 3 aromatic carbocycles. The van der Waals surface area contributed by atoms with Crippen LogP contribution in [0.1, 0.15) is 34.6 Å². The minimum absolute atomic E-state index is 0.0222. The lowest BCUT2D eigenvalue weighted by molar-refractivity contribution is -0.123. The summed E-state index contributed by atoms with van der Waals surface area (Å²) in [6.45, 7) is 0.156. The van der Waals surface area contributed by atoms with Gasteiger partial charge in [0.15, 0.2) is 5.78 Å². The van der Waals surface area contributed by atoms with Crippen LogP contribution in [0, 0.1) is 5.82 Å². The minimum atomic E-state index is -4.11. The Labute approximate surface area is 255 Å². The van der Waals surface area contributed by atoms with Crippen LogP contribution in [0.25, 0.3) is 11.3 Å². The summed E-state index contributed by atoms with van der Waals surface area (Å²) in [4.78, 5) is 17.6. The summed E-state index contributed by atoms with van der Waals surface area (Å²) in [7, 11) is -4.11. The molecule has 6 nitrogen and oxygen atoms in total. The van der Waals surface area contributed by atoms with Crippen molar-refractivity contribution >= 4 is 27.4 Å². The Balaban J connectivity index is 1.41. The van der Waals surface area contributed by atoms with Gasteiger partial charge in [-0.1, -0.05) is 66.7 Å². The molecule has 6 rings (SSSR count). The molecule has 218 valence electrons. The van der Waals surface area contributed by atoms with Gasteiger partial charge in [0.2, 0.25) is 0 Å². The predicted octanol–water partition coefficient (Wildman–Crippen LogP) is 6.34. The maximum Gasteiger partial charge on any atom is 0.269 e. The second-order valence-corrected chi connectivity index (χ2v) is 12.8. The molecule has 2 aromatic heterocycles. The molecule has 43 heavy (non-hydrogen) atoms. The molecule has 1 aliphatic carbocycles. The number of ketones is 1. The number of carbonyl (C=O) groups is 1. The molecule has 2 heterocycles. The van der Waals surface area contributed by atoms with Crippen LogP contribution in [0.2, 0.25) is 0 Å². The number of carbonyl (C=O) groups excluding carboxylic acids is 1. The van der Waals surface area contributed by atoms with Crippen molar-refractivity contribution in [2.75, 3.05) is 5.88 Å². The Morgan fingerprint density at radius 3 is 2.49 bits per heavy atom. The average Bonchev–Trinajstić information content (AvgIpc) is 3.49. The summed E-state index contributed by atoms with van der Waals surface area (Å²) < 4.78 is 43.5. The van der Waals surface area contributed by atoms with Gasteiger partial charge in [-0.15, -0.1) is 11.6 Å². The zero-order valence-corrected chi connectivity index (χ0v) is 24.7. The lowest BCUT2D eigenvalue weighted by Gasteiger charge is -2.42. The highest BCUT2D eigenvalue weighted by Crippen LogP contribution is 2.42. The summed E-state index contributed by atoms with van der Waals surface area (Å²) in [6.07, 6.45) is 5.14. The van der Waals surface area contributed by atoms with E-state index >= 15 is 0 Å². The molecule has 0 saturated carbocycles. The number of rotatable bonds is 9. The first kappa shape index (κ1) is 29.0. The van der Waals surface area contributed by atoms with Crippen molar-refractivity contribution in [3.05, 3.63) is 144 Å². The molecule has 0 aliphatic heterocycles. The van der Waals surface area contributed by atoms with Crippen LogP contribution in [0.4, 0.5) is 4.39 Å². The van der Waals surface area contributed by atoms with Crippen molar-refractivity contribution in [3.8, 4) is 11.3 Å². The maximum atomic E-state index is 15.0. The Hall–Kier alpha value is -4.11. The van der Waals surface area contributed by atoms with Gasteiger partial charge < -0.3 is 5.32 Å². The van der Waals surface area contributed by atoms with Gasteiger partial charge in [0.05, 0.1) is 17.1 Å². The molecular weight excluding hydrogens is 585 g/mol. The van der Waals surface area contributed by atoms with Gasteiger partial charge in [-0.3, -0.25) is 9.78 Å². The molecule has 0 amide bonds. The largest absolute Gasteiger partial charge is 0.300 e. The van der Waals surface area contributed by atoms with Gasteiger partial charge in [0, 0.05) is 36.6 Å². The monoisotopic (exact) mass is 613 g/mol. The van der Waals surface area contributed by atoms with Crippen LogP contribution in [0.3, 0.4) is 0 Å². The van der Waals surface area contributed by atoms with Crippen LogP contribution in [-0.4, -0.2) is 34.6 Å². The number of halogens is 2. The first-order chi connectivity index (χ1) is 20.8. The molecule has 2 atom stereocenters. The van der Waals surface area contributed by atoms with Gasteiger partial charge in [-0.05, 0) is 65.4 Å². The number of fused-ring (bicyclic) bond motifs is 1. The van der Waals surface area contributed by atoms with E-state index in [4.69, 9.17) is 11.6 Å². The van der Waals surface area contributed by atoms with E-state index in [1.807, 2.05) is 36.4 Å². The molecular formula is C34H29ClFN3O3S. The third-order valence-corrected chi connectivity index (χ3v) is 10.0. The number of Topliss-reactive ketones (excluding diaryl/α,β-unsaturated/α-hetero) is 1. The lowest BCUT2D eigenvalue weighted by Crippen LogP contribution is -2.56. The van der Waals surface area contributed by atoms with Crippen molar-refractivity contribution in [3.63, 3.8) is 0 Å². The predicted molar refractivity (Wildman–Crippen MR) is 165 cm³/mol. The number of pyridine rings is 1. The zero-order chi connectivity index (χ0) is 30.0. The van der Waals surface area contributed by atoms with Gasteiger partial charge in [0.25, 0.3) is 10.0 Å². The van der Waals surface area contributed by atoms with E-state index in [1.165, 1.54) is 48.4 Å². The fraction of sp³-hybridized carbons (Fsp3) is 0.176. The van der Waals surface area contributed by atoms with Gasteiger partial charge in [-0.25, -0.2) is 16.8 Å². The quantitative estimate of drug-likeness (QED) is 0.196. The third-order valence-electron chi connectivity index (χ3n) is 8.15. The van der Waals surface area contributed by atoms with Crippen LogP contribution < -0.4 is 5.32 Å². The van der Waals surface area contributed by atoms with E-state index in [2.05, 4.69) is 28.5 Å². The maximum absolute atomic E-state index is 15.0. The van der Waals surface area contributed by atoms with Crippen LogP contribution in [0.15, 0.2) is 121 Å². The van der Waals surface area contributed by atoms with Gasteiger partial charge >= 0.3 is 0 Å². The lowest BCUT2D eigenvalue weighted by atomic mass is 9.68. The SMILES string of the molecule is O=C(CCl)C1(NCc2cc(-c3ccccc3F)n(S(=O)(=O)c3cccnc3)c2)Cc2ccccc2C(c2ccccc2)C1. The first-order valence-corrected chi connectivity index (χ1v) is 15.9. The molecule has 5 aromatic rings. The number of alkyl halides is 1. The molecule has 0 bridgehead atoms. The summed E-state index contributed by atoms with van der Waals surface area (Å²) in [6, 6.07) is 28.8. The highest BCUT2D eigenvalue weighted by molar-refractivity contribution is 7.90. The number of nitrogens with one attached hydrogen (secondary N) is 1. The first-order valence-electron chi connectivity index (χ1n) is 13.9. The smallest absolute Gasteiger partial charge is 0.269 e. The van der Waals surface area contributed by atoms with Crippen LogP contribution in [-0.2, 0) is 27.8 Å². The van der Waals surface area contributed by atoms with Crippen LogP contribution in [0.5, 0.6) is 0 Å². The van der Waals surface area contributed by atoms with Crippen molar-refractivity contribution in [1.29, 1.82) is 0 Å². The van der Waals surface area contributed by atoms with Crippen molar-refractivity contribution in [1.82, 2.24) is 14.3 Å². The number of hydrogen-bond acceptors (Lipinski definition) is 5. The molecule has 1 aliphatic rings. The Bertz CT molecular complexity index is 1880. The summed E-state index contributed by atoms with van der Waals surface area (Å²) in [5, 5.41) is 3.49. The molecule has 9 heteroatoms. The van der Waals surface area contributed by atoms with Crippen molar-refractivity contribution < 1.29 is 17.6 Å². The number of hydrogen-bond donors (Lipinski definition) is 1. The highest BCUT2D eigenvalue weighted by Gasteiger charge is 2.44.